The molecule has 0 aliphatic carbocycles. The number of carbonyl (C=O) groups is 5. The average molecular weight is 938 g/mol. The molecule has 64 heavy (non-hydrogen) atoms. The summed E-state index contributed by atoms with van der Waals surface area (Å²) in [6, 6.07) is 18.2. The first kappa shape index (κ1) is 51.6. The minimum Gasteiger partial charge on any atom is -0.463 e. The lowest BCUT2D eigenvalue weighted by Gasteiger charge is -2.39. The van der Waals surface area contributed by atoms with Crippen molar-refractivity contribution < 1.29 is 70.3 Å². The second-order valence-corrected chi connectivity index (χ2v) is 17.3. The normalized spacial score (nSPS) is 18.2. The number of rotatable bonds is 22. The molecule has 5 atom stereocenters. The van der Waals surface area contributed by atoms with Gasteiger partial charge in [-0.3, -0.25) is 24.2 Å². The Labute approximate surface area is 377 Å². The van der Waals surface area contributed by atoms with E-state index in [0.29, 0.717) is 29.7 Å². The van der Waals surface area contributed by atoms with E-state index in [1.165, 1.54) is 57.5 Å². The van der Waals surface area contributed by atoms with Gasteiger partial charge in [0.2, 0.25) is 6.29 Å². The third-order valence-corrected chi connectivity index (χ3v) is 11.9. The Morgan fingerprint density at radius 2 is 1.59 bits per heavy atom. The van der Waals surface area contributed by atoms with Crippen LogP contribution in [0.4, 0.5) is 22.8 Å². The third-order valence-electron chi connectivity index (χ3n) is 9.91. The van der Waals surface area contributed by atoms with Crippen LogP contribution in [-0.4, -0.2) is 115 Å². The van der Waals surface area contributed by atoms with Gasteiger partial charge in [0.15, 0.2) is 6.10 Å². The van der Waals surface area contributed by atoms with E-state index in [9.17, 15) is 37.1 Å². The quantitative estimate of drug-likeness (QED) is 0.0253. The van der Waals surface area contributed by atoms with Crippen LogP contribution in [-0.2, 0) is 65.7 Å². The second-order valence-electron chi connectivity index (χ2n) is 14.8. The fourth-order valence-electron chi connectivity index (χ4n) is 6.98. The number of nitrogens with one attached hydrogen (secondary N) is 1. The Hall–Kier alpha value is -5.05. The van der Waals surface area contributed by atoms with Gasteiger partial charge >= 0.3 is 36.3 Å². The molecule has 15 nitrogen and oxygen atoms in total. The van der Waals surface area contributed by atoms with Crippen LogP contribution < -0.4 is 0 Å². The zero-order valence-electron chi connectivity index (χ0n) is 36.3. The highest BCUT2D eigenvalue weighted by Gasteiger charge is 2.45. The molecule has 2 amide bonds. The van der Waals surface area contributed by atoms with Gasteiger partial charge in [0, 0.05) is 45.8 Å². The van der Waals surface area contributed by atoms with Crippen molar-refractivity contribution in [2.45, 2.75) is 96.6 Å². The number of fused-ring (bicyclic) bond motifs is 1. The Bertz CT molecular complexity index is 2060. The van der Waals surface area contributed by atoms with Crippen LogP contribution in [0.25, 0.3) is 10.8 Å². The molecular weight excluding hydrogens is 884 g/mol. The van der Waals surface area contributed by atoms with Crippen molar-refractivity contribution in [3.05, 3.63) is 83.4 Å². The van der Waals surface area contributed by atoms with Crippen molar-refractivity contribution in [2.24, 2.45) is 0 Å². The first-order valence-corrected chi connectivity index (χ1v) is 23.0. The van der Waals surface area contributed by atoms with Crippen LogP contribution in [0.2, 0.25) is 0 Å². The molecule has 3 aromatic rings. The summed E-state index contributed by atoms with van der Waals surface area (Å²) < 4.78 is 78.8. The zero-order valence-corrected chi connectivity index (χ0v) is 37.9. The van der Waals surface area contributed by atoms with E-state index in [2.05, 4.69) is 0 Å². The van der Waals surface area contributed by atoms with Crippen molar-refractivity contribution in [2.75, 3.05) is 44.7 Å². The number of hydrogen-bond donors (Lipinski definition) is 1. The highest BCUT2D eigenvalue weighted by atomic mass is 33.1. The molecule has 1 N–H and O–H groups in total. The predicted molar refractivity (Wildman–Crippen MR) is 233 cm³/mol. The van der Waals surface area contributed by atoms with Gasteiger partial charge in [-0.2, -0.15) is 13.2 Å². The number of benzene rings is 3. The van der Waals surface area contributed by atoms with Gasteiger partial charge in [0.1, 0.15) is 37.0 Å². The van der Waals surface area contributed by atoms with Gasteiger partial charge in [-0.05, 0) is 54.2 Å². The van der Waals surface area contributed by atoms with Crippen LogP contribution in [0.1, 0.15) is 70.6 Å². The Morgan fingerprint density at radius 1 is 0.875 bits per heavy atom. The van der Waals surface area contributed by atoms with Crippen molar-refractivity contribution in [1.82, 2.24) is 9.80 Å². The minimum absolute atomic E-state index is 0.0714. The van der Waals surface area contributed by atoms with Crippen LogP contribution in [0.5, 0.6) is 0 Å². The van der Waals surface area contributed by atoms with E-state index in [-0.39, 0.29) is 51.8 Å². The highest BCUT2D eigenvalue weighted by molar-refractivity contribution is 8.76. The second kappa shape index (κ2) is 24.9. The molecule has 20 heteroatoms. The summed E-state index contributed by atoms with van der Waals surface area (Å²) in [5, 5.41) is 10.3. The van der Waals surface area contributed by atoms with Gasteiger partial charge in [0.05, 0.1) is 18.6 Å². The lowest BCUT2D eigenvalue weighted by Crippen LogP contribution is -2.55. The van der Waals surface area contributed by atoms with Crippen LogP contribution in [0.15, 0.2) is 66.7 Å². The van der Waals surface area contributed by atoms with Crippen LogP contribution in [0, 0.1) is 5.41 Å². The summed E-state index contributed by atoms with van der Waals surface area (Å²) in [6.07, 6.45) is -8.46. The van der Waals surface area contributed by atoms with Crippen molar-refractivity contribution in [3.8, 4) is 0 Å². The summed E-state index contributed by atoms with van der Waals surface area (Å²) in [4.78, 5) is 65.1. The molecule has 1 unspecified atom stereocenters. The van der Waals surface area contributed by atoms with E-state index in [1.807, 2.05) is 49.4 Å². The molecule has 0 radical (unpaired) electrons. The molecular formula is C44H54F3N3O12S2. The molecule has 1 aliphatic heterocycles. The predicted octanol–water partition coefficient (Wildman–Crippen LogP) is 8.50. The molecule has 1 fully saturated rings. The van der Waals surface area contributed by atoms with Crippen LogP contribution >= 0.6 is 21.6 Å². The molecule has 0 spiro atoms. The standard InChI is InChI=1S/C44H54F3N3O12S2/c1-6-19-49(41(54)62-39-24-37(59-30(3)52)40(60-31(4)53)38(61-39)25-57-29(2)51)27-56-21-22-63-64-28-58-42(55)50(20-11-13-32-12-9-16-34(23-32)44(45,46)47)43(5,26-48)36-18-10-15-33-14-7-8-17-35(33)36/h7-10,12,14-18,23,26,37-40,48H,6,11,13,19-22,24-25,27-28H2,1-5H3/t37-,38-,39+,40+,43?/m1/s1. The molecule has 4 rings (SSSR count). The largest absolute Gasteiger partial charge is 0.463 e. The molecule has 1 heterocycles. The summed E-state index contributed by atoms with van der Waals surface area (Å²) in [6.45, 7) is 7.11. The number of amides is 2. The Morgan fingerprint density at radius 3 is 2.28 bits per heavy atom. The Balaban J connectivity index is 1.31. The topological polar surface area (TPSA) is 180 Å². The monoisotopic (exact) mass is 937 g/mol. The SMILES string of the molecule is CCCN(COCCSSCOC(=O)N(CCCc1cccc(C(F)(F)F)c1)C(C)(C=N)c1cccc2ccccc12)C(=O)O[C@H]1C[C@@H](OC(C)=O)[C@H](OC(C)=O)[C@@H](COC(C)=O)O1. The first-order chi connectivity index (χ1) is 30.5. The molecule has 350 valence electrons. The van der Waals surface area contributed by atoms with Gasteiger partial charge < -0.3 is 38.6 Å². The highest BCUT2D eigenvalue weighted by Crippen LogP contribution is 2.35. The van der Waals surface area contributed by atoms with Gasteiger partial charge in [-0.15, -0.1) is 0 Å². The maximum absolute atomic E-state index is 13.9. The number of halogens is 3. The number of aryl methyl sites for hydroxylation is 1. The van der Waals surface area contributed by atoms with Crippen molar-refractivity contribution in [1.29, 1.82) is 5.41 Å². The van der Waals surface area contributed by atoms with Crippen molar-refractivity contribution in [3.63, 3.8) is 0 Å². The van der Waals surface area contributed by atoms with E-state index < -0.39 is 72.0 Å². The maximum atomic E-state index is 13.9. The summed E-state index contributed by atoms with van der Waals surface area (Å²) in [7, 11) is 2.58. The Kier molecular flexibility index (Phi) is 20.0. The fourth-order valence-corrected chi connectivity index (χ4v) is 8.40. The number of alkyl halides is 3. The molecule has 0 aromatic heterocycles. The van der Waals surface area contributed by atoms with Gasteiger partial charge in [-0.25, -0.2) is 9.59 Å². The number of carbonyl (C=O) groups excluding carboxylic acids is 5. The average Bonchev–Trinajstić information content (AvgIpc) is 3.24. The lowest BCUT2D eigenvalue weighted by molar-refractivity contribution is -0.254. The van der Waals surface area contributed by atoms with E-state index >= 15 is 0 Å². The number of nitrogens with zero attached hydrogens (tertiary/aromatic N) is 2. The molecule has 0 saturated carbocycles. The maximum Gasteiger partial charge on any atom is 0.416 e. The van der Waals surface area contributed by atoms with Gasteiger partial charge in [0.25, 0.3) is 0 Å². The van der Waals surface area contributed by atoms with E-state index in [1.54, 1.807) is 13.0 Å². The zero-order chi connectivity index (χ0) is 46.9. The molecule has 1 saturated heterocycles. The molecule has 3 aromatic carbocycles. The minimum atomic E-state index is -4.49. The summed E-state index contributed by atoms with van der Waals surface area (Å²) >= 11 is 0. The summed E-state index contributed by atoms with van der Waals surface area (Å²) in [5.74, 6) is -1.64. The number of hydrogen-bond acceptors (Lipinski definition) is 15. The van der Waals surface area contributed by atoms with E-state index in [4.69, 9.17) is 38.6 Å². The fraction of sp³-hybridized carbons (Fsp3) is 0.500. The summed E-state index contributed by atoms with van der Waals surface area (Å²) in [5.41, 5.74) is -0.878. The van der Waals surface area contributed by atoms with Gasteiger partial charge in [-0.1, -0.05) is 89.2 Å². The lowest BCUT2D eigenvalue weighted by atomic mass is 9.87. The number of esters is 3. The van der Waals surface area contributed by atoms with Crippen molar-refractivity contribution >= 4 is 68.7 Å². The number of ether oxygens (including phenoxy) is 7. The smallest absolute Gasteiger partial charge is 0.416 e. The molecule has 0 bridgehead atoms. The molecule has 1 aliphatic rings. The van der Waals surface area contributed by atoms with E-state index in [0.717, 1.165) is 29.8 Å². The first-order valence-electron chi connectivity index (χ1n) is 20.5. The third kappa shape index (κ3) is 15.3. The van der Waals surface area contributed by atoms with Crippen LogP contribution in [0.3, 0.4) is 0 Å².